The van der Waals surface area contributed by atoms with Gasteiger partial charge in [0, 0.05) is 30.5 Å². The molecular formula is C13H11N3. The molecule has 0 N–H and O–H groups in total. The van der Waals surface area contributed by atoms with Crippen molar-refractivity contribution in [3.63, 3.8) is 0 Å². The van der Waals surface area contributed by atoms with Crippen LogP contribution < -0.4 is 4.90 Å². The first-order valence-corrected chi connectivity index (χ1v) is 5.60. The zero-order valence-corrected chi connectivity index (χ0v) is 8.80. The van der Waals surface area contributed by atoms with Gasteiger partial charge in [0.05, 0.1) is 5.69 Å². The first-order valence-electron chi connectivity index (χ1n) is 5.60. The van der Waals surface area contributed by atoms with E-state index in [1.807, 2.05) is 0 Å². The molecule has 0 fully saturated rings. The molecule has 0 radical (unpaired) electrons. The minimum Gasteiger partial charge on any atom is -0.321 e. The molecule has 1 aromatic carbocycles. The van der Waals surface area contributed by atoms with E-state index in [-0.39, 0.29) is 0 Å². The Kier molecular flexibility index (Phi) is 1.46. The number of nitrogens with zero attached hydrogens (tertiary/aromatic N) is 3. The van der Waals surface area contributed by atoms with Crippen molar-refractivity contribution >= 4 is 11.5 Å². The van der Waals surface area contributed by atoms with Crippen molar-refractivity contribution in [1.29, 1.82) is 0 Å². The Morgan fingerprint density at radius 2 is 1.94 bits per heavy atom. The van der Waals surface area contributed by atoms with E-state index in [9.17, 15) is 0 Å². The summed E-state index contributed by atoms with van der Waals surface area (Å²) in [7, 11) is 0. The number of rotatable bonds is 0. The molecule has 0 saturated carbocycles. The molecule has 2 aliphatic heterocycles. The third-order valence-corrected chi connectivity index (χ3v) is 3.48. The van der Waals surface area contributed by atoms with Crippen LogP contribution in [0.4, 0.5) is 11.5 Å². The van der Waals surface area contributed by atoms with E-state index in [4.69, 9.17) is 0 Å². The van der Waals surface area contributed by atoms with E-state index in [2.05, 4.69) is 39.1 Å². The molecule has 1 atom stereocenters. The van der Waals surface area contributed by atoms with Crippen molar-refractivity contribution in [2.75, 3.05) is 4.90 Å². The summed E-state index contributed by atoms with van der Waals surface area (Å²) in [6.45, 7) is 0. The van der Waals surface area contributed by atoms with Crippen LogP contribution >= 0.6 is 0 Å². The fourth-order valence-electron chi connectivity index (χ4n) is 2.84. The van der Waals surface area contributed by atoms with Crippen molar-refractivity contribution < 1.29 is 0 Å². The normalized spacial score (nSPS) is 20.5. The van der Waals surface area contributed by atoms with Crippen LogP contribution in [0.3, 0.4) is 0 Å². The molecule has 0 spiro atoms. The van der Waals surface area contributed by atoms with Gasteiger partial charge in [-0.05, 0) is 18.1 Å². The number of hydrogen-bond donors (Lipinski definition) is 0. The molecule has 3 heteroatoms. The van der Waals surface area contributed by atoms with E-state index in [0.29, 0.717) is 6.04 Å². The van der Waals surface area contributed by atoms with E-state index >= 15 is 0 Å². The lowest BCUT2D eigenvalue weighted by Crippen LogP contribution is -2.22. The Hall–Kier alpha value is -1.90. The second kappa shape index (κ2) is 2.82. The maximum Gasteiger partial charge on any atom is 0.155 e. The summed E-state index contributed by atoms with van der Waals surface area (Å²) >= 11 is 0. The van der Waals surface area contributed by atoms with E-state index in [1.165, 1.54) is 11.3 Å². The summed E-state index contributed by atoms with van der Waals surface area (Å²) in [4.78, 5) is 11.2. The summed E-state index contributed by atoms with van der Waals surface area (Å²) in [6.07, 6.45) is 5.71. The standard InChI is InChI=1S/C13H11N3/c1-2-4-12-9(3-1)7-10-8-11-13(16(10)12)15-6-5-14-11/h1-6,10H,7-8H2. The minimum absolute atomic E-state index is 0.537. The first kappa shape index (κ1) is 8.28. The van der Waals surface area contributed by atoms with Gasteiger partial charge in [0.15, 0.2) is 5.82 Å². The SMILES string of the molecule is c1ccc2c(c1)CC1Cc3nccnc3N21. The fourth-order valence-corrected chi connectivity index (χ4v) is 2.84. The summed E-state index contributed by atoms with van der Waals surface area (Å²) in [5.74, 6) is 1.05. The molecule has 3 heterocycles. The summed E-state index contributed by atoms with van der Waals surface area (Å²) in [6, 6.07) is 9.13. The van der Waals surface area contributed by atoms with Gasteiger partial charge in [0.2, 0.25) is 0 Å². The number of fused-ring (bicyclic) bond motifs is 5. The van der Waals surface area contributed by atoms with Crippen LogP contribution in [0.2, 0.25) is 0 Å². The van der Waals surface area contributed by atoms with Crippen LogP contribution in [-0.2, 0) is 12.8 Å². The predicted octanol–water partition coefficient (Wildman–Crippen LogP) is 2.10. The van der Waals surface area contributed by atoms with Crippen LogP contribution in [0.25, 0.3) is 0 Å². The van der Waals surface area contributed by atoms with Gasteiger partial charge in [-0.25, -0.2) is 4.98 Å². The Morgan fingerprint density at radius 3 is 2.94 bits per heavy atom. The molecule has 0 bridgehead atoms. The lowest BCUT2D eigenvalue weighted by molar-refractivity contribution is 0.717. The lowest BCUT2D eigenvalue weighted by atomic mass is 10.1. The number of hydrogen-bond acceptors (Lipinski definition) is 3. The number of anilines is 2. The van der Waals surface area contributed by atoms with Crippen LogP contribution in [0.1, 0.15) is 11.3 Å². The summed E-state index contributed by atoms with van der Waals surface area (Å²) in [5.41, 5.74) is 3.89. The largest absolute Gasteiger partial charge is 0.321 e. The first-order chi connectivity index (χ1) is 7.93. The van der Waals surface area contributed by atoms with Gasteiger partial charge in [0.25, 0.3) is 0 Å². The van der Waals surface area contributed by atoms with Gasteiger partial charge in [-0.15, -0.1) is 0 Å². The fraction of sp³-hybridized carbons (Fsp3) is 0.231. The maximum atomic E-state index is 4.46. The molecule has 2 aliphatic rings. The molecule has 16 heavy (non-hydrogen) atoms. The zero-order valence-electron chi connectivity index (χ0n) is 8.80. The van der Waals surface area contributed by atoms with Crippen LogP contribution in [0.5, 0.6) is 0 Å². The van der Waals surface area contributed by atoms with Crippen molar-refractivity contribution in [2.24, 2.45) is 0 Å². The highest BCUT2D eigenvalue weighted by molar-refractivity contribution is 5.73. The second-order valence-corrected chi connectivity index (χ2v) is 4.39. The molecular weight excluding hydrogens is 198 g/mol. The number of aromatic nitrogens is 2. The average molecular weight is 209 g/mol. The van der Waals surface area contributed by atoms with Gasteiger partial charge < -0.3 is 4.90 Å². The number of para-hydroxylation sites is 1. The Balaban J connectivity index is 1.93. The van der Waals surface area contributed by atoms with Gasteiger partial charge in [-0.2, -0.15) is 0 Å². The molecule has 0 aliphatic carbocycles. The van der Waals surface area contributed by atoms with Gasteiger partial charge in [-0.1, -0.05) is 18.2 Å². The van der Waals surface area contributed by atoms with E-state index in [1.54, 1.807) is 12.4 Å². The van der Waals surface area contributed by atoms with Crippen molar-refractivity contribution in [2.45, 2.75) is 18.9 Å². The molecule has 0 amide bonds. The summed E-state index contributed by atoms with van der Waals surface area (Å²) in [5, 5.41) is 0. The second-order valence-electron chi connectivity index (χ2n) is 4.39. The average Bonchev–Trinajstić information content (AvgIpc) is 2.83. The Labute approximate surface area is 93.8 Å². The van der Waals surface area contributed by atoms with Gasteiger partial charge in [-0.3, -0.25) is 4.98 Å². The molecule has 2 aromatic rings. The van der Waals surface area contributed by atoms with Crippen molar-refractivity contribution in [3.05, 3.63) is 47.9 Å². The molecule has 4 rings (SSSR count). The van der Waals surface area contributed by atoms with Crippen molar-refractivity contribution in [3.8, 4) is 0 Å². The zero-order chi connectivity index (χ0) is 10.5. The van der Waals surface area contributed by atoms with Crippen LogP contribution in [-0.4, -0.2) is 16.0 Å². The lowest BCUT2D eigenvalue weighted by Gasteiger charge is -2.18. The molecule has 1 aromatic heterocycles. The highest BCUT2D eigenvalue weighted by Crippen LogP contribution is 2.43. The van der Waals surface area contributed by atoms with Gasteiger partial charge >= 0.3 is 0 Å². The topological polar surface area (TPSA) is 29.0 Å². The summed E-state index contributed by atoms with van der Waals surface area (Å²) < 4.78 is 0. The molecule has 78 valence electrons. The third-order valence-electron chi connectivity index (χ3n) is 3.48. The van der Waals surface area contributed by atoms with Crippen LogP contribution in [0, 0.1) is 0 Å². The van der Waals surface area contributed by atoms with Crippen LogP contribution in [0.15, 0.2) is 36.7 Å². The third kappa shape index (κ3) is 0.927. The quantitative estimate of drug-likeness (QED) is 0.665. The molecule has 3 nitrogen and oxygen atoms in total. The Morgan fingerprint density at radius 1 is 1.06 bits per heavy atom. The Bertz CT molecular complexity index is 515. The number of benzene rings is 1. The monoisotopic (exact) mass is 209 g/mol. The maximum absolute atomic E-state index is 4.46. The predicted molar refractivity (Wildman–Crippen MR) is 61.8 cm³/mol. The van der Waals surface area contributed by atoms with E-state index < -0.39 is 0 Å². The molecule has 0 saturated heterocycles. The highest BCUT2D eigenvalue weighted by atomic mass is 15.3. The molecule has 1 unspecified atom stereocenters. The van der Waals surface area contributed by atoms with Gasteiger partial charge in [0.1, 0.15) is 0 Å². The smallest absolute Gasteiger partial charge is 0.155 e. The highest BCUT2D eigenvalue weighted by Gasteiger charge is 2.38. The minimum atomic E-state index is 0.537. The van der Waals surface area contributed by atoms with E-state index in [0.717, 1.165) is 24.4 Å². The van der Waals surface area contributed by atoms with Crippen molar-refractivity contribution in [1.82, 2.24) is 9.97 Å².